The second-order valence-corrected chi connectivity index (χ2v) is 8.56. The van der Waals surface area contributed by atoms with E-state index in [1.165, 1.54) is 6.20 Å². The van der Waals surface area contributed by atoms with E-state index in [2.05, 4.69) is 20.5 Å². The van der Waals surface area contributed by atoms with Crippen LogP contribution in [0.15, 0.2) is 24.4 Å². The zero-order valence-corrected chi connectivity index (χ0v) is 15.0. The predicted octanol–water partition coefficient (Wildman–Crippen LogP) is 2.20. The molecule has 1 unspecified atom stereocenters. The second kappa shape index (κ2) is 6.52. The van der Waals surface area contributed by atoms with Gasteiger partial charge in [-0.25, -0.2) is 8.42 Å². The zero-order valence-electron chi connectivity index (χ0n) is 13.4. The molecule has 1 saturated heterocycles. The molecular weight excluding hydrogens is 350 g/mol. The summed E-state index contributed by atoms with van der Waals surface area (Å²) in [7, 11) is -1.17. The number of nitrogens with zero attached hydrogens (tertiary/aromatic N) is 4. The maximum atomic E-state index is 11.6. The summed E-state index contributed by atoms with van der Waals surface area (Å²) in [4.78, 5) is 6.21. The highest BCUT2D eigenvalue weighted by atomic mass is 35.5. The first kappa shape index (κ1) is 16.9. The molecular formula is C15H18ClN5O2S. The Labute approximate surface area is 146 Å². The Hall–Kier alpha value is -1.93. The van der Waals surface area contributed by atoms with Gasteiger partial charge in [0.2, 0.25) is 5.95 Å². The summed E-state index contributed by atoms with van der Waals surface area (Å²) in [6.07, 6.45) is 2.10. The smallest absolute Gasteiger partial charge is 0.247 e. The van der Waals surface area contributed by atoms with E-state index in [1.54, 1.807) is 18.0 Å². The van der Waals surface area contributed by atoms with Gasteiger partial charge in [0, 0.05) is 23.8 Å². The SMILES string of the molecule is Cc1cc(Cl)ccc1Nc1cnnc(N(C)C2CCS(=O)(=O)C2)n1. The molecule has 0 spiro atoms. The fourth-order valence-corrected chi connectivity index (χ4v) is 4.65. The number of anilines is 3. The molecule has 1 atom stereocenters. The Kier molecular flexibility index (Phi) is 4.60. The van der Waals surface area contributed by atoms with Gasteiger partial charge in [-0.3, -0.25) is 0 Å². The lowest BCUT2D eigenvalue weighted by Gasteiger charge is -2.23. The van der Waals surface area contributed by atoms with Crippen LogP contribution >= 0.6 is 11.6 Å². The Bertz CT molecular complexity index is 859. The summed E-state index contributed by atoms with van der Waals surface area (Å²) in [5.41, 5.74) is 1.86. The molecule has 0 aliphatic carbocycles. The van der Waals surface area contributed by atoms with Crippen molar-refractivity contribution in [1.29, 1.82) is 0 Å². The predicted molar refractivity (Wildman–Crippen MR) is 94.8 cm³/mol. The van der Waals surface area contributed by atoms with Crippen LogP contribution < -0.4 is 10.2 Å². The highest BCUT2D eigenvalue weighted by molar-refractivity contribution is 7.91. The fourth-order valence-electron chi connectivity index (χ4n) is 2.65. The summed E-state index contributed by atoms with van der Waals surface area (Å²) in [5.74, 6) is 1.27. The number of hydrogen-bond donors (Lipinski definition) is 1. The highest BCUT2D eigenvalue weighted by Crippen LogP contribution is 2.24. The van der Waals surface area contributed by atoms with Crippen molar-refractivity contribution in [2.24, 2.45) is 0 Å². The minimum absolute atomic E-state index is 0.121. The maximum absolute atomic E-state index is 11.6. The second-order valence-electron chi connectivity index (χ2n) is 5.89. The first-order valence-corrected chi connectivity index (χ1v) is 9.70. The van der Waals surface area contributed by atoms with Gasteiger partial charge in [-0.2, -0.15) is 10.1 Å². The largest absolute Gasteiger partial charge is 0.339 e. The first-order chi connectivity index (χ1) is 11.3. The van der Waals surface area contributed by atoms with Crippen LogP contribution in [0.1, 0.15) is 12.0 Å². The lowest BCUT2D eigenvalue weighted by molar-refractivity contribution is 0.600. The molecule has 1 aliphatic rings. The van der Waals surface area contributed by atoms with Crippen LogP contribution in [-0.2, 0) is 9.84 Å². The summed E-state index contributed by atoms with van der Waals surface area (Å²) in [6, 6.07) is 5.40. The Morgan fingerprint density at radius 1 is 1.38 bits per heavy atom. The van der Waals surface area contributed by atoms with E-state index in [0.29, 0.717) is 23.2 Å². The van der Waals surface area contributed by atoms with Crippen molar-refractivity contribution < 1.29 is 8.42 Å². The first-order valence-electron chi connectivity index (χ1n) is 7.50. The molecule has 0 saturated carbocycles. The molecule has 24 heavy (non-hydrogen) atoms. The standard InChI is InChI=1S/C15H18ClN5O2S/c1-10-7-11(16)3-4-13(10)18-14-8-17-20-15(19-14)21(2)12-5-6-24(22,23)9-12/h3-4,7-8,12H,5-6,9H2,1-2H3,(H,18,19,20). The van der Waals surface area contributed by atoms with E-state index < -0.39 is 9.84 Å². The van der Waals surface area contributed by atoms with Crippen LogP contribution in [0.5, 0.6) is 0 Å². The van der Waals surface area contributed by atoms with E-state index in [9.17, 15) is 8.42 Å². The fraction of sp³-hybridized carbons (Fsp3) is 0.400. The van der Waals surface area contributed by atoms with Gasteiger partial charge >= 0.3 is 0 Å². The quantitative estimate of drug-likeness (QED) is 0.886. The molecule has 3 rings (SSSR count). The average molecular weight is 368 g/mol. The van der Waals surface area contributed by atoms with Gasteiger partial charge < -0.3 is 10.2 Å². The van der Waals surface area contributed by atoms with E-state index >= 15 is 0 Å². The average Bonchev–Trinajstić information content (AvgIpc) is 2.90. The molecule has 7 nitrogen and oxygen atoms in total. The third-order valence-electron chi connectivity index (χ3n) is 4.07. The number of aromatic nitrogens is 3. The van der Waals surface area contributed by atoms with Gasteiger partial charge in [-0.15, -0.1) is 5.10 Å². The summed E-state index contributed by atoms with van der Waals surface area (Å²) in [6.45, 7) is 1.94. The summed E-state index contributed by atoms with van der Waals surface area (Å²) < 4.78 is 23.3. The highest BCUT2D eigenvalue weighted by Gasteiger charge is 2.31. The minimum atomic E-state index is -2.96. The molecule has 128 valence electrons. The van der Waals surface area contributed by atoms with E-state index in [0.717, 1.165) is 11.3 Å². The third kappa shape index (κ3) is 3.76. The van der Waals surface area contributed by atoms with Crippen molar-refractivity contribution >= 4 is 38.9 Å². The minimum Gasteiger partial charge on any atom is -0.339 e. The Morgan fingerprint density at radius 2 is 2.17 bits per heavy atom. The number of aryl methyl sites for hydroxylation is 1. The maximum Gasteiger partial charge on any atom is 0.247 e. The van der Waals surface area contributed by atoms with Crippen LogP contribution in [0.25, 0.3) is 0 Å². The molecule has 1 N–H and O–H groups in total. The molecule has 0 radical (unpaired) electrons. The van der Waals surface area contributed by atoms with Crippen molar-refractivity contribution in [3.8, 4) is 0 Å². The molecule has 9 heteroatoms. The van der Waals surface area contributed by atoms with Gasteiger partial charge in [-0.1, -0.05) is 11.6 Å². The lowest BCUT2D eigenvalue weighted by Crippen LogP contribution is -2.34. The zero-order chi connectivity index (χ0) is 17.3. The third-order valence-corrected chi connectivity index (χ3v) is 6.06. The van der Waals surface area contributed by atoms with Crippen LogP contribution in [0.3, 0.4) is 0 Å². The number of rotatable bonds is 4. The van der Waals surface area contributed by atoms with E-state index in [1.807, 2.05) is 19.1 Å². The van der Waals surface area contributed by atoms with Crippen molar-refractivity contribution in [2.45, 2.75) is 19.4 Å². The molecule has 2 aromatic rings. The van der Waals surface area contributed by atoms with Crippen molar-refractivity contribution in [1.82, 2.24) is 15.2 Å². The Morgan fingerprint density at radius 3 is 2.83 bits per heavy atom. The normalized spacial score (nSPS) is 19.2. The topological polar surface area (TPSA) is 88.1 Å². The van der Waals surface area contributed by atoms with Gasteiger partial charge in [0.1, 0.15) is 0 Å². The number of nitrogens with one attached hydrogen (secondary N) is 1. The summed E-state index contributed by atoms with van der Waals surface area (Å²) >= 11 is 5.96. The number of benzene rings is 1. The van der Waals surface area contributed by atoms with Crippen molar-refractivity contribution in [3.05, 3.63) is 35.0 Å². The Balaban J connectivity index is 1.79. The van der Waals surface area contributed by atoms with Gasteiger partial charge in [0.05, 0.1) is 17.7 Å². The van der Waals surface area contributed by atoms with Crippen LogP contribution in [-0.4, -0.2) is 48.2 Å². The molecule has 2 heterocycles. The van der Waals surface area contributed by atoms with Gasteiger partial charge in [0.15, 0.2) is 15.7 Å². The monoisotopic (exact) mass is 367 g/mol. The van der Waals surface area contributed by atoms with Crippen LogP contribution in [0.4, 0.5) is 17.5 Å². The number of sulfone groups is 1. The van der Waals surface area contributed by atoms with Gasteiger partial charge in [0.25, 0.3) is 0 Å². The number of hydrogen-bond acceptors (Lipinski definition) is 7. The van der Waals surface area contributed by atoms with Crippen molar-refractivity contribution in [3.63, 3.8) is 0 Å². The van der Waals surface area contributed by atoms with Crippen molar-refractivity contribution in [2.75, 3.05) is 28.8 Å². The molecule has 0 amide bonds. The van der Waals surface area contributed by atoms with E-state index in [-0.39, 0.29) is 17.5 Å². The molecule has 1 aromatic heterocycles. The molecule has 1 fully saturated rings. The molecule has 0 bridgehead atoms. The van der Waals surface area contributed by atoms with Crippen LogP contribution in [0, 0.1) is 6.92 Å². The van der Waals surface area contributed by atoms with Gasteiger partial charge in [-0.05, 0) is 37.1 Å². The van der Waals surface area contributed by atoms with E-state index in [4.69, 9.17) is 11.6 Å². The lowest BCUT2D eigenvalue weighted by atomic mass is 10.2. The molecule has 1 aliphatic heterocycles. The molecule has 1 aromatic carbocycles. The summed E-state index contributed by atoms with van der Waals surface area (Å²) in [5, 5.41) is 11.8. The van der Waals surface area contributed by atoms with Crippen LogP contribution in [0.2, 0.25) is 5.02 Å². The number of halogens is 1.